The number of benzene rings is 3. The Morgan fingerprint density at radius 3 is 2.00 bits per heavy atom. The summed E-state index contributed by atoms with van der Waals surface area (Å²) in [6.45, 7) is 2.36. The van der Waals surface area contributed by atoms with Gasteiger partial charge in [-0.3, -0.25) is 4.72 Å². The summed E-state index contributed by atoms with van der Waals surface area (Å²) in [6, 6.07) is 19.6. The number of hydrogen-bond acceptors (Lipinski definition) is 5. The van der Waals surface area contributed by atoms with Crippen LogP contribution in [0, 0.1) is 0 Å². The van der Waals surface area contributed by atoms with Crippen LogP contribution in [-0.2, 0) is 19.9 Å². The van der Waals surface area contributed by atoms with E-state index in [2.05, 4.69) is 4.72 Å². The Morgan fingerprint density at radius 2 is 1.36 bits per heavy atom. The van der Waals surface area contributed by atoms with Crippen molar-refractivity contribution in [3.05, 3.63) is 78.9 Å². The summed E-state index contributed by atoms with van der Waals surface area (Å²) in [5.41, 5.74) is 0.347. The van der Waals surface area contributed by atoms with Crippen LogP contribution in [0.25, 0.3) is 0 Å². The minimum Gasteiger partial charge on any atom is -0.494 e. The summed E-state index contributed by atoms with van der Waals surface area (Å²) in [5, 5.41) is 0. The van der Waals surface area contributed by atoms with E-state index in [1.807, 2.05) is 6.92 Å². The summed E-state index contributed by atoms with van der Waals surface area (Å²) in [6.07, 6.45) is 0. The number of ether oxygens (including phenoxy) is 1. The first-order chi connectivity index (χ1) is 13.3. The van der Waals surface area contributed by atoms with Gasteiger partial charge < -0.3 is 4.74 Å². The third-order valence-corrected chi connectivity index (χ3v) is 7.04. The topological polar surface area (TPSA) is 89.5 Å². The van der Waals surface area contributed by atoms with E-state index in [1.54, 1.807) is 42.5 Å². The highest BCUT2D eigenvalue weighted by molar-refractivity contribution is 7.93. The van der Waals surface area contributed by atoms with Crippen LogP contribution in [0.5, 0.6) is 5.75 Å². The fourth-order valence-corrected chi connectivity index (χ4v) is 5.05. The SMILES string of the molecule is CCOc1ccc(NS(=O)(=O)c2cccc(S(=O)(=O)c3ccccc3)c2)cc1. The van der Waals surface area contributed by atoms with E-state index >= 15 is 0 Å². The first-order valence-corrected chi connectivity index (χ1v) is 11.5. The molecule has 3 rings (SSSR count). The Balaban J connectivity index is 1.90. The average Bonchev–Trinajstić information content (AvgIpc) is 2.70. The number of sulfone groups is 1. The van der Waals surface area contributed by atoms with E-state index in [0.29, 0.717) is 18.0 Å². The van der Waals surface area contributed by atoms with Gasteiger partial charge in [-0.1, -0.05) is 24.3 Å². The molecule has 0 saturated heterocycles. The van der Waals surface area contributed by atoms with Crippen LogP contribution in [0.3, 0.4) is 0 Å². The monoisotopic (exact) mass is 417 g/mol. The van der Waals surface area contributed by atoms with Gasteiger partial charge in [-0.2, -0.15) is 0 Å². The average molecular weight is 418 g/mol. The van der Waals surface area contributed by atoms with Gasteiger partial charge in [0.25, 0.3) is 10.0 Å². The predicted molar refractivity (Wildman–Crippen MR) is 107 cm³/mol. The van der Waals surface area contributed by atoms with Gasteiger partial charge in [-0.15, -0.1) is 0 Å². The van der Waals surface area contributed by atoms with Crippen LogP contribution in [0.2, 0.25) is 0 Å². The third-order valence-electron chi connectivity index (χ3n) is 3.90. The summed E-state index contributed by atoms with van der Waals surface area (Å²) >= 11 is 0. The largest absolute Gasteiger partial charge is 0.494 e. The molecule has 146 valence electrons. The normalized spacial score (nSPS) is 11.8. The Hall–Kier alpha value is -2.84. The Morgan fingerprint density at radius 1 is 0.750 bits per heavy atom. The first-order valence-electron chi connectivity index (χ1n) is 8.49. The molecule has 28 heavy (non-hydrogen) atoms. The van der Waals surface area contributed by atoms with Crippen molar-refractivity contribution in [2.24, 2.45) is 0 Å². The molecule has 0 aliphatic heterocycles. The Bertz CT molecular complexity index is 1160. The highest BCUT2D eigenvalue weighted by atomic mass is 32.2. The number of rotatable bonds is 7. The second-order valence-corrected chi connectivity index (χ2v) is 9.49. The van der Waals surface area contributed by atoms with Gasteiger partial charge in [0.15, 0.2) is 0 Å². The molecule has 0 bridgehead atoms. The van der Waals surface area contributed by atoms with Crippen molar-refractivity contribution in [2.75, 3.05) is 11.3 Å². The molecular weight excluding hydrogens is 398 g/mol. The van der Waals surface area contributed by atoms with Gasteiger partial charge in [0.2, 0.25) is 9.84 Å². The molecule has 0 fully saturated rings. The number of anilines is 1. The molecule has 3 aromatic carbocycles. The van der Waals surface area contributed by atoms with Crippen LogP contribution in [0.15, 0.2) is 93.5 Å². The summed E-state index contributed by atoms with van der Waals surface area (Å²) in [7, 11) is -7.77. The van der Waals surface area contributed by atoms with E-state index in [-0.39, 0.29) is 14.7 Å². The fourth-order valence-electron chi connectivity index (χ4n) is 2.54. The van der Waals surface area contributed by atoms with Gasteiger partial charge >= 0.3 is 0 Å². The van der Waals surface area contributed by atoms with E-state index in [0.717, 1.165) is 6.07 Å². The molecule has 0 atom stereocenters. The van der Waals surface area contributed by atoms with Gasteiger partial charge in [-0.25, -0.2) is 16.8 Å². The van der Waals surface area contributed by atoms with Crippen LogP contribution in [0.4, 0.5) is 5.69 Å². The third kappa shape index (κ3) is 4.35. The maximum absolute atomic E-state index is 12.7. The first kappa shape index (κ1) is 19.9. The van der Waals surface area contributed by atoms with Gasteiger partial charge in [0.1, 0.15) is 5.75 Å². The van der Waals surface area contributed by atoms with Crippen LogP contribution in [-0.4, -0.2) is 23.4 Å². The lowest BCUT2D eigenvalue weighted by atomic mass is 10.3. The van der Waals surface area contributed by atoms with Crippen LogP contribution < -0.4 is 9.46 Å². The lowest BCUT2D eigenvalue weighted by Crippen LogP contribution is -2.13. The van der Waals surface area contributed by atoms with E-state index < -0.39 is 19.9 Å². The lowest BCUT2D eigenvalue weighted by molar-refractivity contribution is 0.340. The lowest BCUT2D eigenvalue weighted by Gasteiger charge is -2.11. The molecular formula is C20H19NO5S2. The molecule has 0 heterocycles. The summed E-state index contributed by atoms with van der Waals surface area (Å²) < 4.78 is 58.6. The van der Waals surface area contributed by atoms with Crippen molar-refractivity contribution in [1.82, 2.24) is 0 Å². The van der Waals surface area contributed by atoms with Crippen molar-refractivity contribution in [3.8, 4) is 5.75 Å². The molecule has 0 spiro atoms. The van der Waals surface area contributed by atoms with Gasteiger partial charge in [-0.05, 0) is 61.5 Å². The van der Waals surface area contributed by atoms with E-state index in [9.17, 15) is 16.8 Å². The molecule has 0 radical (unpaired) electrons. The predicted octanol–water partition coefficient (Wildman–Crippen LogP) is 3.72. The zero-order valence-electron chi connectivity index (χ0n) is 15.1. The molecule has 6 nitrogen and oxygen atoms in total. The van der Waals surface area contributed by atoms with Gasteiger partial charge in [0.05, 0.1) is 21.3 Å². The van der Waals surface area contributed by atoms with E-state index in [1.165, 1.54) is 30.3 Å². The Labute approximate surface area is 164 Å². The molecule has 0 aliphatic carbocycles. The second-order valence-electron chi connectivity index (χ2n) is 5.85. The zero-order chi connectivity index (χ0) is 20.2. The minimum absolute atomic E-state index is 0.0896. The molecule has 8 heteroatoms. The maximum atomic E-state index is 12.7. The molecule has 0 amide bonds. The van der Waals surface area contributed by atoms with Crippen molar-refractivity contribution in [2.45, 2.75) is 21.6 Å². The number of nitrogens with one attached hydrogen (secondary N) is 1. The van der Waals surface area contributed by atoms with Crippen molar-refractivity contribution in [1.29, 1.82) is 0 Å². The Kier molecular flexibility index (Phi) is 5.71. The van der Waals surface area contributed by atoms with Crippen molar-refractivity contribution >= 4 is 25.5 Å². The highest BCUT2D eigenvalue weighted by Crippen LogP contribution is 2.25. The van der Waals surface area contributed by atoms with Crippen molar-refractivity contribution in [3.63, 3.8) is 0 Å². The summed E-state index contributed by atoms with van der Waals surface area (Å²) in [4.78, 5) is -0.129. The molecule has 1 N–H and O–H groups in total. The van der Waals surface area contributed by atoms with Crippen LogP contribution in [0.1, 0.15) is 6.92 Å². The zero-order valence-corrected chi connectivity index (χ0v) is 16.7. The molecule has 0 saturated carbocycles. The number of hydrogen-bond donors (Lipinski definition) is 1. The molecule has 0 aromatic heterocycles. The number of sulfonamides is 1. The van der Waals surface area contributed by atoms with Crippen LogP contribution >= 0.6 is 0 Å². The smallest absolute Gasteiger partial charge is 0.261 e. The standard InChI is InChI=1S/C20H19NO5S2/c1-2-26-17-13-11-16(12-14-17)21-28(24,25)20-10-6-9-19(15-20)27(22,23)18-7-4-3-5-8-18/h3-15,21H,2H2,1H3. The maximum Gasteiger partial charge on any atom is 0.261 e. The highest BCUT2D eigenvalue weighted by Gasteiger charge is 2.21. The van der Waals surface area contributed by atoms with Crippen molar-refractivity contribution < 1.29 is 21.6 Å². The molecule has 0 aliphatic rings. The molecule has 3 aromatic rings. The van der Waals surface area contributed by atoms with Gasteiger partial charge in [0, 0.05) is 5.69 Å². The fraction of sp³-hybridized carbons (Fsp3) is 0.100. The minimum atomic E-state index is -3.96. The van der Waals surface area contributed by atoms with E-state index in [4.69, 9.17) is 4.74 Å². The molecule has 0 unspecified atom stereocenters. The summed E-state index contributed by atoms with van der Waals surface area (Å²) in [5.74, 6) is 0.626. The second kappa shape index (κ2) is 8.04. The quantitative estimate of drug-likeness (QED) is 0.633.